The number of hydrogen-bond donors (Lipinski definition) is 0. The first-order chi connectivity index (χ1) is 12.1. The van der Waals surface area contributed by atoms with Crippen LogP contribution < -0.4 is 4.74 Å². The number of carbonyl (C=O) groups is 1. The zero-order chi connectivity index (χ0) is 18.1. The van der Waals surface area contributed by atoms with Crippen LogP contribution in [0.15, 0.2) is 54.6 Å². The van der Waals surface area contributed by atoms with Gasteiger partial charge in [-0.2, -0.15) is 0 Å². The molecule has 0 saturated carbocycles. The maximum absolute atomic E-state index is 12.5. The highest BCUT2D eigenvalue weighted by Crippen LogP contribution is 2.15. The Labute approximate surface area is 155 Å². The van der Waals surface area contributed by atoms with E-state index in [2.05, 4.69) is 0 Å². The van der Waals surface area contributed by atoms with Crippen molar-refractivity contribution in [1.82, 2.24) is 9.80 Å². The highest BCUT2D eigenvalue weighted by Gasteiger charge is 2.14. The minimum absolute atomic E-state index is 0.125. The zero-order valence-electron chi connectivity index (χ0n) is 14.8. The topological polar surface area (TPSA) is 32.8 Å². The molecule has 134 valence electrons. The van der Waals surface area contributed by atoms with Crippen molar-refractivity contribution in [1.29, 1.82) is 0 Å². The van der Waals surface area contributed by atoms with E-state index in [1.165, 1.54) is 0 Å². The number of benzene rings is 2. The van der Waals surface area contributed by atoms with Crippen LogP contribution in [0.4, 0.5) is 0 Å². The van der Waals surface area contributed by atoms with Gasteiger partial charge in [-0.25, -0.2) is 0 Å². The average Bonchev–Trinajstić information content (AvgIpc) is 2.62. The lowest BCUT2D eigenvalue weighted by atomic mass is 10.2. The quantitative estimate of drug-likeness (QED) is 0.683. The third-order valence-electron chi connectivity index (χ3n) is 3.91. The molecule has 4 nitrogen and oxygen atoms in total. The number of likely N-dealkylation sites (N-methyl/N-ethyl adjacent to an activating group) is 2. The van der Waals surface area contributed by atoms with E-state index in [9.17, 15) is 4.79 Å². The molecule has 0 atom stereocenters. The van der Waals surface area contributed by atoms with Crippen LogP contribution in [0.1, 0.15) is 12.5 Å². The minimum atomic E-state index is 0.125. The van der Waals surface area contributed by atoms with Crippen molar-refractivity contribution in [2.45, 2.75) is 13.5 Å². The summed E-state index contributed by atoms with van der Waals surface area (Å²) in [6.45, 7) is 4.93. The molecule has 0 radical (unpaired) electrons. The van der Waals surface area contributed by atoms with Crippen molar-refractivity contribution in [2.75, 3.05) is 33.3 Å². The van der Waals surface area contributed by atoms with Crippen molar-refractivity contribution in [3.63, 3.8) is 0 Å². The standard InChI is InChI=1S/C20H25ClN2O2/c1-3-23(15-17-7-5-4-6-8-17)20(24)16-22(2)13-14-25-19-11-9-18(21)10-12-19/h4-12H,3,13-16H2,1-2H3. The van der Waals surface area contributed by atoms with Crippen molar-refractivity contribution in [3.05, 3.63) is 65.2 Å². The van der Waals surface area contributed by atoms with Gasteiger partial charge in [0.05, 0.1) is 6.54 Å². The van der Waals surface area contributed by atoms with Gasteiger partial charge in [-0.1, -0.05) is 41.9 Å². The molecule has 0 aromatic heterocycles. The van der Waals surface area contributed by atoms with Gasteiger partial charge < -0.3 is 9.64 Å². The number of halogens is 1. The molecular formula is C20H25ClN2O2. The summed E-state index contributed by atoms with van der Waals surface area (Å²) in [7, 11) is 1.93. The van der Waals surface area contributed by atoms with E-state index < -0.39 is 0 Å². The van der Waals surface area contributed by atoms with Crippen LogP contribution in [-0.2, 0) is 11.3 Å². The summed E-state index contributed by atoms with van der Waals surface area (Å²) >= 11 is 5.85. The van der Waals surface area contributed by atoms with Crippen LogP contribution in [0, 0.1) is 0 Å². The maximum atomic E-state index is 12.5. The van der Waals surface area contributed by atoms with Gasteiger partial charge in [-0.05, 0) is 43.8 Å². The summed E-state index contributed by atoms with van der Waals surface area (Å²) < 4.78 is 5.67. The van der Waals surface area contributed by atoms with Crippen molar-refractivity contribution in [2.24, 2.45) is 0 Å². The number of amides is 1. The lowest BCUT2D eigenvalue weighted by Gasteiger charge is -2.24. The Bertz CT molecular complexity index is 647. The first kappa shape index (κ1) is 19.3. The van der Waals surface area contributed by atoms with Gasteiger partial charge in [0.1, 0.15) is 12.4 Å². The van der Waals surface area contributed by atoms with Gasteiger partial charge in [-0.3, -0.25) is 9.69 Å². The van der Waals surface area contributed by atoms with Crippen molar-refractivity contribution >= 4 is 17.5 Å². The fraction of sp³-hybridized carbons (Fsp3) is 0.350. The number of nitrogens with zero attached hydrogens (tertiary/aromatic N) is 2. The second kappa shape index (κ2) is 10.1. The molecule has 0 spiro atoms. The van der Waals surface area contributed by atoms with Crippen LogP contribution >= 0.6 is 11.6 Å². The molecule has 0 aliphatic rings. The Morgan fingerprint density at radius 1 is 1.08 bits per heavy atom. The number of carbonyl (C=O) groups excluding carboxylic acids is 1. The molecule has 25 heavy (non-hydrogen) atoms. The number of ether oxygens (including phenoxy) is 1. The van der Waals surface area contributed by atoms with Crippen LogP contribution in [0.5, 0.6) is 5.75 Å². The minimum Gasteiger partial charge on any atom is -0.492 e. The molecule has 1 amide bonds. The number of rotatable bonds is 9. The van der Waals surface area contributed by atoms with E-state index >= 15 is 0 Å². The molecule has 0 saturated heterocycles. The summed E-state index contributed by atoms with van der Waals surface area (Å²) in [5.41, 5.74) is 1.14. The Morgan fingerprint density at radius 3 is 2.40 bits per heavy atom. The van der Waals surface area contributed by atoms with Crippen LogP contribution in [0.2, 0.25) is 5.02 Å². The molecule has 2 rings (SSSR count). The van der Waals surface area contributed by atoms with Gasteiger partial charge in [-0.15, -0.1) is 0 Å². The van der Waals surface area contributed by atoms with Crippen LogP contribution in [0.3, 0.4) is 0 Å². The van der Waals surface area contributed by atoms with Gasteiger partial charge >= 0.3 is 0 Å². The molecule has 0 aliphatic carbocycles. The number of hydrogen-bond acceptors (Lipinski definition) is 3. The predicted octanol–water partition coefficient (Wildman–Crippen LogP) is 3.70. The van der Waals surface area contributed by atoms with Gasteiger partial charge in [0.25, 0.3) is 0 Å². The molecule has 0 bridgehead atoms. The van der Waals surface area contributed by atoms with Crippen LogP contribution in [0.25, 0.3) is 0 Å². The smallest absolute Gasteiger partial charge is 0.237 e. The molecule has 0 N–H and O–H groups in total. The first-order valence-electron chi connectivity index (χ1n) is 8.47. The Balaban J connectivity index is 1.75. The summed E-state index contributed by atoms with van der Waals surface area (Å²) in [6.07, 6.45) is 0. The second-order valence-corrected chi connectivity index (χ2v) is 6.37. The molecular weight excluding hydrogens is 336 g/mol. The average molecular weight is 361 g/mol. The van der Waals surface area contributed by atoms with E-state index in [1.807, 2.05) is 66.2 Å². The Morgan fingerprint density at radius 2 is 1.76 bits per heavy atom. The van der Waals surface area contributed by atoms with Crippen LogP contribution in [-0.4, -0.2) is 49.0 Å². The Kier molecular flexibility index (Phi) is 7.76. The van der Waals surface area contributed by atoms with Crippen molar-refractivity contribution < 1.29 is 9.53 Å². The normalized spacial score (nSPS) is 10.7. The molecule has 0 aliphatic heterocycles. The van der Waals surface area contributed by atoms with E-state index in [4.69, 9.17) is 16.3 Å². The second-order valence-electron chi connectivity index (χ2n) is 5.93. The molecule has 0 fully saturated rings. The van der Waals surface area contributed by atoms with Gasteiger partial charge in [0.15, 0.2) is 0 Å². The van der Waals surface area contributed by atoms with Crippen molar-refractivity contribution in [3.8, 4) is 5.75 Å². The fourth-order valence-electron chi connectivity index (χ4n) is 2.44. The predicted molar refractivity (Wildman–Crippen MR) is 102 cm³/mol. The molecule has 5 heteroatoms. The SMILES string of the molecule is CCN(Cc1ccccc1)C(=O)CN(C)CCOc1ccc(Cl)cc1. The maximum Gasteiger partial charge on any atom is 0.237 e. The fourth-order valence-corrected chi connectivity index (χ4v) is 2.57. The first-order valence-corrected chi connectivity index (χ1v) is 8.85. The monoisotopic (exact) mass is 360 g/mol. The van der Waals surface area contributed by atoms with Gasteiger partial charge in [0.2, 0.25) is 5.91 Å². The third-order valence-corrected chi connectivity index (χ3v) is 4.16. The highest BCUT2D eigenvalue weighted by atomic mass is 35.5. The summed E-state index contributed by atoms with van der Waals surface area (Å²) in [5.74, 6) is 0.906. The van der Waals surface area contributed by atoms with E-state index in [0.717, 1.165) is 11.3 Å². The lowest BCUT2D eigenvalue weighted by Crippen LogP contribution is -2.39. The van der Waals surface area contributed by atoms with Gasteiger partial charge in [0, 0.05) is 24.7 Å². The Hall–Kier alpha value is -2.04. The van der Waals surface area contributed by atoms with E-state index in [0.29, 0.717) is 37.8 Å². The molecule has 2 aromatic carbocycles. The summed E-state index contributed by atoms with van der Waals surface area (Å²) in [4.78, 5) is 16.3. The third kappa shape index (κ3) is 6.77. The van der Waals surface area contributed by atoms with E-state index in [-0.39, 0.29) is 5.91 Å². The highest BCUT2D eigenvalue weighted by molar-refractivity contribution is 6.30. The molecule has 0 unspecified atom stereocenters. The molecule has 0 heterocycles. The lowest BCUT2D eigenvalue weighted by molar-refractivity contribution is -0.132. The zero-order valence-corrected chi connectivity index (χ0v) is 15.6. The molecule has 2 aromatic rings. The summed E-state index contributed by atoms with van der Waals surface area (Å²) in [5, 5.41) is 0.688. The summed E-state index contributed by atoms with van der Waals surface area (Å²) in [6, 6.07) is 17.3. The largest absolute Gasteiger partial charge is 0.492 e. The van der Waals surface area contributed by atoms with E-state index in [1.54, 1.807) is 12.1 Å².